The van der Waals surface area contributed by atoms with Crippen LogP contribution in [0.5, 0.6) is 0 Å². The highest BCUT2D eigenvalue weighted by atomic mass is 16.5. The number of rotatable bonds is 7. The van der Waals surface area contributed by atoms with Crippen molar-refractivity contribution >= 4 is 11.9 Å². The molecule has 0 aliphatic heterocycles. The Kier molecular flexibility index (Phi) is 6.31. The highest BCUT2D eigenvalue weighted by molar-refractivity contribution is 5.96. The van der Waals surface area contributed by atoms with Gasteiger partial charge in [0.2, 0.25) is 0 Å². The van der Waals surface area contributed by atoms with Crippen LogP contribution in [0.2, 0.25) is 0 Å². The molecule has 0 saturated carbocycles. The maximum absolute atomic E-state index is 12.2. The van der Waals surface area contributed by atoms with Crippen molar-refractivity contribution in [2.45, 2.75) is 25.4 Å². The minimum atomic E-state index is -1.00. The van der Waals surface area contributed by atoms with Gasteiger partial charge in [-0.25, -0.2) is 4.79 Å². The molecule has 1 amide bonds. The molecule has 25 heavy (non-hydrogen) atoms. The van der Waals surface area contributed by atoms with Gasteiger partial charge in [0.25, 0.3) is 5.91 Å². The van der Waals surface area contributed by atoms with Crippen LogP contribution in [0.25, 0.3) is 0 Å². The second kappa shape index (κ2) is 8.44. The SMILES string of the molecule is COC(=O)c1ccc(C(=O)NCC(C)(O)CCc2ccccc2)cc1. The Balaban J connectivity index is 1.86. The summed E-state index contributed by atoms with van der Waals surface area (Å²) in [5.74, 6) is -0.743. The van der Waals surface area contributed by atoms with Gasteiger partial charge in [-0.15, -0.1) is 0 Å². The molecule has 5 nitrogen and oxygen atoms in total. The number of benzene rings is 2. The number of hydrogen-bond donors (Lipinski definition) is 2. The average Bonchev–Trinajstić information content (AvgIpc) is 2.65. The van der Waals surface area contributed by atoms with Crippen molar-refractivity contribution < 1.29 is 19.4 Å². The third kappa shape index (κ3) is 5.72. The number of amides is 1. The Morgan fingerprint density at radius 3 is 2.24 bits per heavy atom. The predicted octanol–water partition coefficient (Wildman–Crippen LogP) is 2.59. The first-order chi connectivity index (χ1) is 11.9. The van der Waals surface area contributed by atoms with E-state index in [0.29, 0.717) is 17.5 Å². The largest absolute Gasteiger partial charge is 0.465 e. The molecule has 0 spiro atoms. The summed E-state index contributed by atoms with van der Waals surface area (Å²) in [5.41, 5.74) is 0.949. The molecule has 0 bridgehead atoms. The number of carbonyl (C=O) groups is 2. The third-order valence-corrected chi connectivity index (χ3v) is 3.99. The molecule has 2 N–H and O–H groups in total. The first-order valence-electron chi connectivity index (χ1n) is 8.14. The van der Waals surface area contributed by atoms with Gasteiger partial charge in [-0.05, 0) is 49.6 Å². The Hall–Kier alpha value is -2.66. The minimum Gasteiger partial charge on any atom is -0.465 e. The molecule has 5 heteroatoms. The fourth-order valence-electron chi connectivity index (χ4n) is 2.39. The van der Waals surface area contributed by atoms with Crippen molar-refractivity contribution in [2.75, 3.05) is 13.7 Å². The predicted molar refractivity (Wildman–Crippen MR) is 95.5 cm³/mol. The van der Waals surface area contributed by atoms with Crippen LogP contribution < -0.4 is 5.32 Å². The fraction of sp³-hybridized carbons (Fsp3) is 0.300. The molecule has 0 fully saturated rings. The first kappa shape index (κ1) is 18.7. The van der Waals surface area contributed by atoms with Crippen LogP contribution in [0.1, 0.15) is 39.6 Å². The van der Waals surface area contributed by atoms with E-state index in [4.69, 9.17) is 0 Å². The summed E-state index contributed by atoms with van der Waals surface area (Å²) >= 11 is 0. The van der Waals surface area contributed by atoms with Crippen molar-refractivity contribution in [1.29, 1.82) is 0 Å². The second-order valence-electron chi connectivity index (χ2n) is 6.23. The van der Waals surface area contributed by atoms with Crippen molar-refractivity contribution in [1.82, 2.24) is 5.32 Å². The van der Waals surface area contributed by atoms with Gasteiger partial charge in [-0.3, -0.25) is 4.79 Å². The molecular weight excluding hydrogens is 318 g/mol. The van der Waals surface area contributed by atoms with Gasteiger partial charge in [0, 0.05) is 12.1 Å². The molecule has 1 atom stereocenters. The van der Waals surface area contributed by atoms with Gasteiger partial charge in [-0.1, -0.05) is 30.3 Å². The van der Waals surface area contributed by atoms with Gasteiger partial charge in [-0.2, -0.15) is 0 Å². The number of aryl methyl sites for hydroxylation is 1. The van der Waals surface area contributed by atoms with Crippen LogP contribution in [0, 0.1) is 0 Å². The summed E-state index contributed by atoms with van der Waals surface area (Å²) in [4.78, 5) is 23.6. The number of carbonyl (C=O) groups excluding carboxylic acids is 2. The van der Waals surface area contributed by atoms with Crippen molar-refractivity contribution in [3.8, 4) is 0 Å². The minimum absolute atomic E-state index is 0.150. The molecule has 0 heterocycles. The summed E-state index contributed by atoms with van der Waals surface area (Å²) in [6.07, 6.45) is 1.27. The molecule has 0 aliphatic rings. The van der Waals surface area contributed by atoms with E-state index in [1.165, 1.54) is 19.2 Å². The lowest BCUT2D eigenvalue weighted by molar-refractivity contribution is 0.0478. The molecule has 132 valence electrons. The average molecular weight is 341 g/mol. The summed E-state index contributed by atoms with van der Waals surface area (Å²) in [5, 5.41) is 13.2. The Morgan fingerprint density at radius 2 is 1.64 bits per heavy atom. The van der Waals surface area contributed by atoms with Crippen LogP contribution in [0.3, 0.4) is 0 Å². The maximum atomic E-state index is 12.2. The van der Waals surface area contributed by atoms with E-state index in [0.717, 1.165) is 12.0 Å². The van der Waals surface area contributed by atoms with E-state index in [2.05, 4.69) is 10.1 Å². The molecule has 2 aromatic rings. The molecule has 2 rings (SSSR count). The van der Waals surface area contributed by atoms with Crippen LogP contribution in [0.4, 0.5) is 0 Å². The smallest absolute Gasteiger partial charge is 0.337 e. The van der Waals surface area contributed by atoms with E-state index < -0.39 is 11.6 Å². The standard InChI is InChI=1S/C20H23NO4/c1-20(24,13-12-15-6-4-3-5-7-15)14-21-18(22)16-8-10-17(11-9-16)19(23)25-2/h3-11,24H,12-14H2,1-2H3,(H,21,22). The van der Waals surface area contributed by atoms with Gasteiger partial charge in [0.15, 0.2) is 0 Å². The second-order valence-corrected chi connectivity index (χ2v) is 6.23. The third-order valence-electron chi connectivity index (χ3n) is 3.99. The molecule has 0 aromatic heterocycles. The van der Waals surface area contributed by atoms with E-state index in [-0.39, 0.29) is 12.5 Å². The van der Waals surface area contributed by atoms with Crippen LogP contribution in [-0.4, -0.2) is 36.2 Å². The van der Waals surface area contributed by atoms with Gasteiger partial charge < -0.3 is 15.2 Å². The zero-order valence-corrected chi connectivity index (χ0v) is 14.5. The van der Waals surface area contributed by atoms with E-state index >= 15 is 0 Å². The lowest BCUT2D eigenvalue weighted by Crippen LogP contribution is -2.41. The van der Waals surface area contributed by atoms with Crippen molar-refractivity contribution in [3.63, 3.8) is 0 Å². The Bertz CT molecular complexity index is 708. The monoisotopic (exact) mass is 341 g/mol. The first-order valence-corrected chi connectivity index (χ1v) is 8.14. The number of methoxy groups -OCH3 is 1. The van der Waals surface area contributed by atoms with E-state index in [1.807, 2.05) is 30.3 Å². The summed E-state index contributed by atoms with van der Waals surface area (Å²) in [6.45, 7) is 1.86. The lowest BCUT2D eigenvalue weighted by atomic mass is 9.96. The molecule has 0 radical (unpaired) electrons. The fourth-order valence-corrected chi connectivity index (χ4v) is 2.39. The molecule has 0 saturated heterocycles. The molecule has 2 aromatic carbocycles. The summed E-state index contributed by atoms with van der Waals surface area (Å²) in [7, 11) is 1.31. The Labute approximate surface area is 147 Å². The zero-order valence-electron chi connectivity index (χ0n) is 14.5. The molecule has 1 unspecified atom stereocenters. The number of hydrogen-bond acceptors (Lipinski definition) is 4. The number of aliphatic hydroxyl groups is 1. The van der Waals surface area contributed by atoms with Gasteiger partial charge >= 0.3 is 5.97 Å². The highest BCUT2D eigenvalue weighted by Crippen LogP contribution is 2.14. The van der Waals surface area contributed by atoms with Crippen LogP contribution in [-0.2, 0) is 11.2 Å². The topological polar surface area (TPSA) is 75.6 Å². The number of nitrogens with one attached hydrogen (secondary N) is 1. The normalized spacial score (nSPS) is 12.9. The van der Waals surface area contributed by atoms with E-state index in [9.17, 15) is 14.7 Å². The van der Waals surface area contributed by atoms with Crippen molar-refractivity contribution in [2.24, 2.45) is 0 Å². The molecule has 0 aliphatic carbocycles. The van der Waals surface area contributed by atoms with Crippen LogP contribution in [0.15, 0.2) is 54.6 Å². The summed E-state index contributed by atoms with van der Waals surface area (Å²) < 4.78 is 4.62. The number of ether oxygens (including phenoxy) is 1. The maximum Gasteiger partial charge on any atom is 0.337 e. The van der Waals surface area contributed by atoms with Gasteiger partial charge in [0.1, 0.15) is 0 Å². The number of esters is 1. The van der Waals surface area contributed by atoms with E-state index in [1.54, 1.807) is 19.1 Å². The summed E-state index contributed by atoms with van der Waals surface area (Å²) in [6, 6.07) is 16.1. The quantitative estimate of drug-likeness (QED) is 0.759. The Morgan fingerprint density at radius 1 is 1.04 bits per heavy atom. The lowest BCUT2D eigenvalue weighted by Gasteiger charge is -2.23. The van der Waals surface area contributed by atoms with Crippen LogP contribution >= 0.6 is 0 Å². The zero-order chi connectivity index (χ0) is 18.3. The van der Waals surface area contributed by atoms with Crippen molar-refractivity contribution in [3.05, 3.63) is 71.3 Å². The highest BCUT2D eigenvalue weighted by Gasteiger charge is 2.21. The molecular formula is C20H23NO4. The van der Waals surface area contributed by atoms with Gasteiger partial charge in [0.05, 0.1) is 18.3 Å².